The quantitative estimate of drug-likeness (QED) is 0.557. The Morgan fingerprint density at radius 3 is 2.84 bits per heavy atom. The molecule has 0 aliphatic carbocycles. The van der Waals surface area contributed by atoms with E-state index in [4.69, 9.17) is 16.3 Å². The van der Waals surface area contributed by atoms with Crippen molar-refractivity contribution in [3.63, 3.8) is 0 Å². The largest absolute Gasteiger partial charge is 0.427 e. The molecule has 6 heteroatoms. The first-order chi connectivity index (χ1) is 12.0. The van der Waals surface area contributed by atoms with E-state index in [2.05, 4.69) is 9.97 Å². The number of ether oxygens (including phenoxy) is 1. The number of benzene rings is 2. The summed E-state index contributed by atoms with van der Waals surface area (Å²) in [6, 6.07) is 12.3. The lowest BCUT2D eigenvalue weighted by Crippen LogP contribution is -2.13. The van der Waals surface area contributed by atoms with Crippen LogP contribution in [-0.4, -0.2) is 15.9 Å². The van der Waals surface area contributed by atoms with Gasteiger partial charge in [0.15, 0.2) is 0 Å². The number of para-hydroxylation sites is 1. The maximum atomic E-state index is 12.0. The second kappa shape index (κ2) is 7.49. The third-order valence-corrected chi connectivity index (χ3v) is 4.24. The number of aromatic nitrogens is 2. The Balaban J connectivity index is 1.58. The molecule has 0 bridgehead atoms. The predicted octanol–water partition coefficient (Wildman–Crippen LogP) is 3.81. The van der Waals surface area contributed by atoms with Crippen LogP contribution in [0.1, 0.15) is 24.2 Å². The standard InChI is InChI=1S/C19H17ClN2O3/c1-12-11-13(9-10-15(12)20)25-18(23)8-4-7-17-21-16-6-3-2-5-14(16)19(24)22-17/h2-3,5-6,9-11H,4,7-8H2,1H3,(H,21,22,24). The van der Waals surface area contributed by atoms with Gasteiger partial charge in [0.1, 0.15) is 11.6 Å². The number of carbonyl (C=O) groups is 1. The number of halogens is 1. The van der Waals surface area contributed by atoms with Crippen LogP contribution in [0.3, 0.4) is 0 Å². The van der Waals surface area contributed by atoms with Gasteiger partial charge in [-0.1, -0.05) is 23.7 Å². The molecule has 0 amide bonds. The molecule has 3 aromatic rings. The monoisotopic (exact) mass is 356 g/mol. The molecule has 0 spiro atoms. The average Bonchev–Trinajstić information content (AvgIpc) is 2.58. The van der Waals surface area contributed by atoms with E-state index in [-0.39, 0.29) is 17.9 Å². The van der Waals surface area contributed by atoms with Crippen LogP contribution >= 0.6 is 11.6 Å². The molecule has 0 saturated carbocycles. The van der Waals surface area contributed by atoms with E-state index < -0.39 is 0 Å². The summed E-state index contributed by atoms with van der Waals surface area (Å²) in [5, 5.41) is 1.19. The zero-order valence-electron chi connectivity index (χ0n) is 13.7. The van der Waals surface area contributed by atoms with Gasteiger partial charge in [0.25, 0.3) is 5.56 Å². The maximum Gasteiger partial charge on any atom is 0.311 e. The van der Waals surface area contributed by atoms with E-state index in [1.54, 1.807) is 36.4 Å². The van der Waals surface area contributed by atoms with Crippen LogP contribution < -0.4 is 10.3 Å². The second-order valence-corrected chi connectivity index (χ2v) is 6.18. The summed E-state index contributed by atoms with van der Waals surface area (Å²) in [6.45, 7) is 1.85. The molecule has 5 nitrogen and oxygen atoms in total. The Labute approximate surface area is 149 Å². The van der Waals surface area contributed by atoms with E-state index in [9.17, 15) is 9.59 Å². The third kappa shape index (κ3) is 4.25. The Hall–Kier alpha value is -2.66. The zero-order valence-corrected chi connectivity index (χ0v) is 14.5. The number of fused-ring (bicyclic) bond motifs is 1. The van der Waals surface area contributed by atoms with Gasteiger partial charge in [-0.3, -0.25) is 9.59 Å². The molecule has 0 radical (unpaired) electrons. The molecule has 0 saturated heterocycles. The Kier molecular flexibility index (Phi) is 5.14. The van der Waals surface area contributed by atoms with E-state index in [1.807, 2.05) is 13.0 Å². The normalized spacial score (nSPS) is 10.8. The van der Waals surface area contributed by atoms with Crippen molar-refractivity contribution in [3.05, 3.63) is 69.2 Å². The van der Waals surface area contributed by atoms with Gasteiger partial charge in [0.05, 0.1) is 10.9 Å². The van der Waals surface area contributed by atoms with Crippen molar-refractivity contribution in [2.24, 2.45) is 0 Å². The van der Waals surface area contributed by atoms with Crippen LogP contribution in [0.25, 0.3) is 10.9 Å². The Bertz CT molecular complexity index is 982. The maximum absolute atomic E-state index is 12.0. The van der Waals surface area contributed by atoms with E-state index >= 15 is 0 Å². The molecular formula is C19H17ClN2O3. The molecular weight excluding hydrogens is 340 g/mol. The number of hydrogen-bond donors (Lipinski definition) is 1. The number of nitrogens with zero attached hydrogens (tertiary/aromatic N) is 1. The average molecular weight is 357 g/mol. The van der Waals surface area contributed by atoms with Crippen molar-refractivity contribution in [2.45, 2.75) is 26.2 Å². The lowest BCUT2D eigenvalue weighted by atomic mass is 10.2. The minimum atomic E-state index is -0.329. The Morgan fingerprint density at radius 2 is 2.04 bits per heavy atom. The van der Waals surface area contributed by atoms with Crippen molar-refractivity contribution in [3.8, 4) is 5.75 Å². The Morgan fingerprint density at radius 1 is 1.24 bits per heavy atom. The molecule has 0 atom stereocenters. The fourth-order valence-electron chi connectivity index (χ4n) is 2.52. The summed E-state index contributed by atoms with van der Waals surface area (Å²) < 4.78 is 5.29. The number of carbonyl (C=O) groups excluding carboxylic acids is 1. The summed E-state index contributed by atoms with van der Waals surface area (Å²) in [5.41, 5.74) is 1.34. The third-order valence-electron chi connectivity index (χ3n) is 3.82. The second-order valence-electron chi connectivity index (χ2n) is 5.77. The number of esters is 1. The zero-order chi connectivity index (χ0) is 17.8. The number of aryl methyl sites for hydroxylation is 2. The minimum absolute atomic E-state index is 0.167. The van der Waals surface area contributed by atoms with E-state index in [0.717, 1.165) is 5.56 Å². The minimum Gasteiger partial charge on any atom is -0.427 e. The molecule has 2 aromatic carbocycles. The molecule has 1 aromatic heterocycles. The highest BCUT2D eigenvalue weighted by Crippen LogP contribution is 2.21. The summed E-state index contributed by atoms with van der Waals surface area (Å²) >= 11 is 5.95. The molecule has 0 aliphatic heterocycles. The summed E-state index contributed by atoms with van der Waals surface area (Å²) in [7, 11) is 0. The number of hydrogen-bond acceptors (Lipinski definition) is 4. The summed E-state index contributed by atoms with van der Waals surface area (Å²) in [6.07, 6.45) is 1.26. The van der Waals surface area contributed by atoms with Gasteiger partial charge in [0, 0.05) is 17.9 Å². The molecule has 0 unspecified atom stereocenters. The first-order valence-electron chi connectivity index (χ1n) is 7.98. The number of aromatic amines is 1. The van der Waals surface area contributed by atoms with Crippen molar-refractivity contribution in [2.75, 3.05) is 0 Å². The number of rotatable bonds is 5. The lowest BCUT2D eigenvalue weighted by molar-refractivity contribution is -0.134. The van der Waals surface area contributed by atoms with Gasteiger partial charge in [-0.15, -0.1) is 0 Å². The van der Waals surface area contributed by atoms with Gasteiger partial charge in [-0.25, -0.2) is 4.98 Å². The van der Waals surface area contributed by atoms with E-state index in [1.165, 1.54) is 0 Å². The van der Waals surface area contributed by atoms with E-state index in [0.29, 0.717) is 40.3 Å². The lowest BCUT2D eigenvalue weighted by Gasteiger charge is -2.06. The SMILES string of the molecule is Cc1cc(OC(=O)CCCc2nc3ccccc3c(=O)[nH]2)ccc1Cl. The van der Waals surface area contributed by atoms with Gasteiger partial charge in [-0.05, 0) is 49.2 Å². The highest BCUT2D eigenvalue weighted by molar-refractivity contribution is 6.31. The molecule has 0 aliphatic rings. The van der Waals surface area contributed by atoms with Crippen LogP contribution in [0.15, 0.2) is 47.3 Å². The molecule has 25 heavy (non-hydrogen) atoms. The highest BCUT2D eigenvalue weighted by atomic mass is 35.5. The van der Waals surface area contributed by atoms with Gasteiger partial charge >= 0.3 is 5.97 Å². The first kappa shape index (κ1) is 17.2. The fraction of sp³-hybridized carbons (Fsp3) is 0.211. The number of nitrogens with one attached hydrogen (secondary N) is 1. The summed E-state index contributed by atoms with van der Waals surface area (Å²) in [5.74, 6) is 0.716. The van der Waals surface area contributed by atoms with Crippen LogP contribution in [0.4, 0.5) is 0 Å². The molecule has 1 N–H and O–H groups in total. The van der Waals surface area contributed by atoms with Crippen molar-refractivity contribution < 1.29 is 9.53 Å². The molecule has 3 rings (SSSR count). The molecule has 1 heterocycles. The predicted molar refractivity (Wildman–Crippen MR) is 97.1 cm³/mol. The van der Waals surface area contributed by atoms with Gasteiger partial charge < -0.3 is 9.72 Å². The first-order valence-corrected chi connectivity index (χ1v) is 8.35. The van der Waals surface area contributed by atoms with Crippen LogP contribution in [-0.2, 0) is 11.2 Å². The van der Waals surface area contributed by atoms with Crippen molar-refractivity contribution in [1.29, 1.82) is 0 Å². The van der Waals surface area contributed by atoms with Crippen molar-refractivity contribution >= 4 is 28.5 Å². The smallest absolute Gasteiger partial charge is 0.311 e. The van der Waals surface area contributed by atoms with Gasteiger partial charge in [-0.2, -0.15) is 0 Å². The van der Waals surface area contributed by atoms with Crippen LogP contribution in [0, 0.1) is 6.92 Å². The topological polar surface area (TPSA) is 72.0 Å². The highest BCUT2D eigenvalue weighted by Gasteiger charge is 2.08. The molecule has 0 fully saturated rings. The van der Waals surface area contributed by atoms with Crippen LogP contribution in [0.2, 0.25) is 5.02 Å². The summed E-state index contributed by atoms with van der Waals surface area (Å²) in [4.78, 5) is 31.1. The van der Waals surface area contributed by atoms with Gasteiger partial charge in [0.2, 0.25) is 0 Å². The number of H-pyrrole nitrogens is 1. The fourth-order valence-corrected chi connectivity index (χ4v) is 2.63. The van der Waals surface area contributed by atoms with Crippen molar-refractivity contribution in [1.82, 2.24) is 9.97 Å². The molecule has 128 valence electrons. The van der Waals surface area contributed by atoms with Crippen LogP contribution in [0.5, 0.6) is 5.75 Å².